The average Bonchev–Trinajstić information content (AvgIpc) is 2.24. The van der Waals surface area contributed by atoms with Gasteiger partial charge in [-0.3, -0.25) is 9.78 Å². The van der Waals surface area contributed by atoms with Crippen LogP contribution in [0.25, 0.3) is 0 Å². The van der Waals surface area contributed by atoms with Crippen LogP contribution in [0.3, 0.4) is 0 Å². The van der Waals surface area contributed by atoms with Gasteiger partial charge >= 0.3 is 5.69 Å². The largest absolute Gasteiger partial charge is 0.325 e. The summed E-state index contributed by atoms with van der Waals surface area (Å²) in [6.07, 6.45) is 4.56. The van der Waals surface area contributed by atoms with Gasteiger partial charge in [-0.2, -0.15) is 0 Å². The molecular formula is C10H15N3O2. The predicted molar refractivity (Wildman–Crippen MR) is 57.0 cm³/mol. The number of aromatic nitrogens is 2. The van der Waals surface area contributed by atoms with Gasteiger partial charge in [0.25, 0.3) is 5.56 Å². The smallest absolute Gasteiger partial charge is 0.316 e. The fourth-order valence-electron chi connectivity index (χ4n) is 2.00. The average molecular weight is 209 g/mol. The second kappa shape index (κ2) is 4.44. The molecule has 5 heteroatoms. The van der Waals surface area contributed by atoms with E-state index in [1.807, 2.05) is 0 Å². The summed E-state index contributed by atoms with van der Waals surface area (Å²) >= 11 is 0. The predicted octanol–water partition coefficient (Wildman–Crippen LogP) is -0.395. The van der Waals surface area contributed by atoms with Gasteiger partial charge in [0.15, 0.2) is 0 Å². The molecule has 0 spiro atoms. The molecule has 5 nitrogen and oxygen atoms in total. The third-order valence-corrected chi connectivity index (χ3v) is 2.80. The lowest BCUT2D eigenvalue weighted by Crippen LogP contribution is -2.33. The highest BCUT2D eigenvalue weighted by molar-refractivity contribution is 5.04. The van der Waals surface area contributed by atoms with Crippen LogP contribution >= 0.6 is 0 Å². The van der Waals surface area contributed by atoms with Crippen LogP contribution in [0.1, 0.15) is 18.4 Å². The Hall–Kier alpha value is -1.36. The fraction of sp³-hybridized carbons (Fsp3) is 0.600. The van der Waals surface area contributed by atoms with E-state index in [4.69, 9.17) is 0 Å². The van der Waals surface area contributed by atoms with Crippen LogP contribution < -0.4 is 16.6 Å². The molecule has 1 aromatic heterocycles. The van der Waals surface area contributed by atoms with Crippen molar-refractivity contribution >= 4 is 0 Å². The number of hydrogen-bond acceptors (Lipinski definition) is 3. The lowest BCUT2D eigenvalue weighted by Gasteiger charge is -2.22. The molecular weight excluding hydrogens is 194 g/mol. The van der Waals surface area contributed by atoms with E-state index in [9.17, 15) is 9.59 Å². The van der Waals surface area contributed by atoms with E-state index in [-0.39, 0.29) is 5.56 Å². The van der Waals surface area contributed by atoms with Crippen LogP contribution in [-0.2, 0) is 6.42 Å². The van der Waals surface area contributed by atoms with Crippen molar-refractivity contribution in [2.45, 2.75) is 19.3 Å². The van der Waals surface area contributed by atoms with Crippen LogP contribution in [0.5, 0.6) is 0 Å². The van der Waals surface area contributed by atoms with Crippen LogP contribution in [0.15, 0.2) is 15.8 Å². The molecule has 1 atom stereocenters. The highest BCUT2D eigenvalue weighted by atomic mass is 16.2. The summed E-state index contributed by atoms with van der Waals surface area (Å²) in [5, 5.41) is 3.30. The van der Waals surface area contributed by atoms with Crippen molar-refractivity contribution in [3.05, 3.63) is 32.6 Å². The standard InChI is InChI=1S/C10H15N3O2/c14-9-8(6-12-10(15)13-9)4-7-2-1-3-11-5-7/h6-7,11H,1-5H2,(H2,12,13,14,15). The lowest BCUT2D eigenvalue weighted by atomic mass is 9.93. The summed E-state index contributed by atoms with van der Waals surface area (Å²) in [6, 6.07) is 0. The van der Waals surface area contributed by atoms with E-state index in [2.05, 4.69) is 15.3 Å². The van der Waals surface area contributed by atoms with Crippen molar-refractivity contribution in [2.75, 3.05) is 13.1 Å². The number of rotatable bonds is 2. The minimum atomic E-state index is -0.439. The quantitative estimate of drug-likeness (QED) is 0.620. The van der Waals surface area contributed by atoms with Crippen molar-refractivity contribution in [3.8, 4) is 0 Å². The molecule has 1 fully saturated rings. The fourth-order valence-corrected chi connectivity index (χ4v) is 2.00. The van der Waals surface area contributed by atoms with E-state index in [1.165, 1.54) is 6.20 Å². The maximum absolute atomic E-state index is 11.4. The highest BCUT2D eigenvalue weighted by Crippen LogP contribution is 2.13. The van der Waals surface area contributed by atoms with Gasteiger partial charge in [-0.05, 0) is 38.3 Å². The molecule has 0 aromatic carbocycles. The molecule has 1 unspecified atom stereocenters. The van der Waals surface area contributed by atoms with Crippen LogP contribution in [-0.4, -0.2) is 23.1 Å². The highest BCUT2D eigenvalue weighted by Gasteiger charge is 2.14. The third kappa shape index (κ3) is 2.56. The number of H-pyrrole nitrogens is 2. The Labute approximate surface area is 86.9 Å². The van der Waals surface area contributed by atoms with Crippen molar-refractivity contribution < 1.29 is 0 Å². The van der Waals surface area contributed by atoms with E-state index in [0.29, 0.717) is 11.5 Å². The van der Waals surface area contributed by atoms with Gasteiger partial charge in [0.05, 0.1) is 0 Å². The van der Waals surface area contributed by atoms with Crippen molar-refractivity contribution in [2.24, 2.45) is 5.92 Å². The van der Waals surface area contributed by atoms with Gasteiger partial charge in [0.2, 0.25) is 0 Å². The van der Waals surface area contributed by atoms with Gasteiger partial charge in [-0.15, -0.1) is 0 Å². The zero-order valence-corrected chi connectivity index (χ0v) is 8.51. The molecule has 15 heavy (non-hydrogen) atoms. The number of piperidine rings is 1. The van der Waals surface area contributed by atoms with Gasteiger partial charge < -0.3 is 10.3 Å². The molecule has 0 saturated carbocycles. The minimum Gasteiger partial charge on any atom is -0.316 e. The Morgan fingerprint density at radius 2 is 2.27 bits per heavy atom. The zero-order valence-electron chi connectivity index (χ0n) is 8.51. The normalized spacial score (nSPS) is 21.5. The van der Waals surface area contributed by atoms with Crippen LogP contribution in [0, 0.1) is 5.92 Å². The molecule has 3 N–H and O–H groups in total. The Morgan fingerprint density at radius 1 is 1.40 bits per heavy atom. The molecule has 2 rings (SSSR count). The molecule has 0 radical (unpaired) electrons. The molecule has 1 saturated heterocycles. The molecule has 0 aliphatic carbocycles. The first kappa shape index (κ1) is 10.2. The Bertz CT molecular complexity index is 429. The first-order valence-corrected chi connectivity index (χ1v) is 5.27. The van der Waals surface area contributed by atoms with E-state index < -0.39 is 5.69 Å². The summed E-state index contributed by atoms with van der Waals surface area (Å²) < 4.78 is 0. The van der Waals surface area contributed by atoms with Gasteiger partial charge in [-0.1, -0.05) is 0 Å². The molecule has 0 bridgehead atoms. The first-order chi connectivity index (χ1) is 7.25. The summed E-state index contributed by atoms with van der Waals surface area (Å²) in [6.45, 7) is 2.02. The molecule has 0 amide bonds. The van der Waals surface area contributed by atoms with Gasteiger partial charge in [0.1, 0.15) is 0 Å². The summed E-state index contributed by atoms with van der Waals surface area (Å²) in [7, 11) is 0. The monoisotopic (exact) mass is 209 g/mol. The van der Waals surface area contributed by atoms with Crippen LogP contribution in [0.4, 0.5) is 0 Å². The van der Waals surface area contributed by atoms with Gasteiger partial charge in [-0.25, -0.2) is 4.79 Å². The van der Waals surface area contributed by atoms with Crippen molar-refractivity contribution in [1.29, 1.82) is 0 Å². The van der Waals surface area contributed by atoms with Crippen LogP contribution in [0.2, 0.25) is 0 Å². The molecule has 2 heterocycles. The van der Waals surface area contributed by atoms with Crippen molar-refractivity contribution in [1.82, 2.24) is 15.3 Å². The lowest BCUT2D eigenvalue weighted by molar-refractivity contribution is 0.375. The molecule has 82 valence electrons. The SMILES string of the molecule is O=c1[nH]cc(CC2CCCNC2)c(=O)[nH]1. The van der Waals surface area contributed by atoms with Crippen molar-refractivity contribution in [3.63, 3.8) is 0 Å². The summed E-state index contributed by atoms with van der Waals surface area (Å²) in [5.41, 5.74) is -0.0295. The minimum absolute atomic E-state index is 0.260. The Kier molecular flexibility index (Phi) is 3.01. The second-order valence-corrected chi connectivity index (χ2v) is 4.01. The Balaban J connectivity index is 2.09. The molecule has 1 aliphatic heterocycles. The molecule has 1 aliphatic rings. The molecule has 1 aromatic rings. The van der Waals surface area contributed by atoms with E-state index >= 15 is 0 Å². The zero-order chi connectivity index (χ0) is 10.7. The Morgan fingerprint density at radius 3 is 2.93 bits per heavy atom. The number of hydrogen-bond donors (Lipinski definition) is 3. The maximum atomic E-state index is 11.4. The van der Waals surface area contributed by atoms with E-state index in [0.717, 1.165) is 32.4 Å². The first-order valence-electron chi connectivity index (χ1n) is 5.27. The topological polar surface area (TPSA) is 77.8 Å². The number of aromatic amines is 2. The van der Waals surface area contributed by atoms with Gasteiger partial charge in [0, 0.05) is 11.8 Å². The van der Waals surface area contributed by atoms with E-state index in [1.54, 1.807) is 0 Å². The summed E-state index contributed by atoms with van der Waals surface area (Å²) in [5.74, 6) is 0.505. The number of nitrogens with one attached hydrogen (secondary N) is 3. The summed E-state index contributed by atoms with van der Waals surface area (Å²) in [4.78, 5) is 27.0. The second-order valence-electron chi connectivity index (χ2n) is 4.01. The maximum Gasteiger partial charge on any atom is 0.325 e. The third-order valence-electron chi connectivity index (χ3n) is 2.80.